The topological polar surface area (TPSA) is 41.6 Å². The van der Waals surface area contributed by atoms with Gasteiger partial charge >= 0.3 is 0 Å². The Morgan fingerprint density at radius 3 is 2.56 bits per heavy atom. The number of carbonyl (C=O) groups is 1. The van der Waals surface area contributed by atoms with Gasteiger partial charge in [-0.2, -0.15) is 0 Å². The summed E-state index contributed by atoms with van der Waals surface area (Å²) in [5.41, 5.74) is 2.86. The highest BCUT2D eigenvalue weighted by Crippen LogP contribution is 2.39. The van der Waals surface area contributed by atoms with Gasteiger partial charge in [-0.05, 0) is 54.2 Å². The van der Waals surface area contributed by atoms with E-state index in [9.17, 15) is 9.18 Å². The van der Waals surface area contributed by atoms with Crippen LogP contribution in [0.2, 0.25) is 0 Å². The van der Waals surface area contributed by atoms with Gasteiger partial charge in [0.15, 0.2) is 0 Å². The van der Waals surface area contributed by atoms with Crippen LogP contribution < -0.4 is 5.32 Å². The number of hydrogen-bond acceptors (Lipinski definition) is 3. The van der Waals surface area contributed by atoms with E-state index in [1.807, 2.05) is 18.2 Å². The average Bonchev–Trinajstić information content (AvgIpc) is 3.54. The smallest absolute Gasteiger partial charge is 0.251 e. The third-order valence-electron chi connectivity index (χ3n) is 5.40. The molecule has 1 aliphatic heterocycles. The van der Waals surface area contributed by atoms with E-state index < -0.39 is 0 Å². The molecule has 142 valence electrons. The summed E-state index contributed by atoms with van der Waals surface area (Å²) in [6.07, 6.45) is 2.50. The highest BCUT2D eigenvalue weighted by molar-refractivity contribution is 5.94. The van der Waals surface area contributed by atoms with Crippen LogP contribution in [0.5, 0.6) is 0 Å². The number of nitrogens with zero attached hydrogens (tertiary/aromatic N) is 1. The molecule has 1 N–H and O–H groups in total. The van der Waals surface area contributed by atoms with Crippen LogP contribution in [0.25, 0.3) is 0 Å². The summed E-state index contributed by atoms with van der Waals surface area (Å²) in [6, 6.07) is 14.5. The molecule has 1 unspecified atom stereocenters. The zero-order chi connectivity index (χ0) is 18.6. The highest BCUT2D eigenvalue weighted by Gasteiger charge is 2.25. The third-order valence-corrected chi connectivity index (χ3v) is 5.40. The Morgan fingerprint density at radius 2 is 1.89 bits per heavy atom. The van der Waals surface area contributed by atoms with Gasteiger partial charge in [0.2, 0.25) is 0 Å². The molecule has 2 fully saturated rings. The number of carbonyl (C=O) groups excluding carboxylic acids is 1. The van der Waals surface area contributed by atoms with E-state index >= 15 is 0 Å². The molecule has 2 aliphatic rings. The molecule has 1 saturated heterocycles. The number of ether oxygens (including phenoxy) is 1. The first-order valence-corrected chi connectivity index (χ1v) is 9.66. The van der Waals surface area contributed by atoms with Crippen LogP contribution in [-0.4, -0.2) is 43.7 Å². The van der Waals surface area contributed by atoms with Crippen molar-refractivity contribution in [1.82, 2.24) is 10.2 Å². The number of benzene rings is 2. The lowest BCUT2D eigenvalue weighted by Gasteiger charge is -2.35. The van der Waals surface area contributed by atoms with Gasteiger partial charge in [-0.25, -0.2) is 4.39 Å². The molecule has 27 heavy (non-hydrogen) atoms. The Labute approximate surface area is 159 Å². The van der Waals surface area contributed by atoms with E-state index in [2.05, 4.69) is 22.3 Å². The maximum absolute atomic E-state index is 13.7. The lowest BCUT2D eigenvalue weighted by atomic mass is 10.0. The van der Waals surface area contributed by atoms with Crippen molar-refractivity contribution in [2.45, 2.75) is 24.8 Å². The van der Waals surface area contributed by atoms with Crippen molar-refractivity contribution in [2.75, 3.05) is 32.8 Å². The molecule has 1 saturated carbocycles. The van der Waals surface area contributed by atoms with Crippen LogP contribution in [0.15, 0.2) is 48.5 Å². The number of nitrogens with one attached hydrogen (secondary N) is 1. The van der Waals surface area contributed by atoms with Gasteiger partial charge in [-0.1, -0.05) is 24.3 Å². The van der Waals surface area contributed by atoms with Gasteiger partial charge in [-0.3, -0.25) is 9.69 Å². The Morgan fingerprint density at radius 1 is 1.15 bits per heavy atom. The second-order valence-corrected chi connectivity index (χ2v) is 7.33. The number of halogens is 1. The minimum absolute atomic E-state index is 0.0701. The second kappa shape index (κ2) is 8.19. The minimum atomic E-state index is -0.257. The molecule has 0 radical (unpaired) electrons. The molecule has 0 spiro atoms. The minimum Gasteiger partial charge on any atom is -0.379 e. The molecular formula is C22H25FN2O2. The molecule has 0 aromatic heterocycles. The second-order valence-electron chi connectivity index (χ2n) is 7.33. The van der Waals surface area contributed by atoms with Crippen LogP contribution in [0.3, 0.4) is 0 Å². The fourth-order valence-electron chi connectivity index (χ4n) is 3.68. The highest BCUT2D eigenvalue weighted by atomic mass is 19.1. The average molecular weight is 368 g/mol. The predicted octanol–water partition coefficient (Wildman–Crippen LogP) is 3.51. The van der Waals surface area contributed by atoms with Crippen molar-refractivity contribution >= 4 is 5.91 Å². The van der Waals surface area contributed by atoms with Crippen molar-refractivity contribution in [2.24, 2.45) is 0 Å². The Kier molecular flexibility index (Phi) is 5.50. The van der Waals surface area contributed by atoms with Gasteiger partial charge in [0.1, 0.15) is 5.82 Å². The van der Waals surface area contributed by atoms with Crippen LogP contribution in [0, 0.1) is 5.82 Å². The van der Waals surface area contributed by atoms with Gasteiger partial charge in [0.25, 0.3) is 5.91 Å². The standard InChI is InChI=1S/C22H25FN2O2/c23-20-3-1-2-19(14-20)21(25-10-12-27-13-11-25)15-24-22(26)18-8-6-17(7-9-18)16-4-5-16/h1-3,6-9,14,16,21H,4-5,10-13,15H2,(H,24,26). The zero-order valence-corrected chi connectivity index (χ0v) is 15.4. The Hall–Kier alpha value is -2.24. The van der Waals surface area contributed by atoms with Crippen LogP contribution >= 0.6 is 0 Å². The van der Waals surface area contributed by atoms with Crippen molar-refractivity contribution in [3.8, 4) is 0 Å². The van der Waals surface area contributed by atoms with Gasteiger partial charge in [0, 0.05) is 25.2 Å². The van der Waals surface area contributed by atoms with E-state index in [1.54, 1.807) is 12.1 Å². The van der Waals surface area contributed by atoms with E-state index in [-0.39, 0.29) is 17.8 Å². The van der Waals surface area contributed by atoms with E-state index in [4.69, 9.17) is 4.74 Å². The Balaban J connectivity index is 1.44. The molecule has 4 rings (SSSR count). The van der Waals surface area contributed by atoms with E-state index in [1.165, 1.54) is 24.5 Å². The largest absolute Gasteiger partial charge is 0.379 e. The normalized spacial score (nSPS) is 18.9. The quantitative estimate of drug-likeness (QED) is 0.848. The lowest BCUT2D eigenvalue weighted by Crippen LogP contribution is -2.43. The zero-order valence-electron chi connectivity index (χ0n) is 15.4. The van der Waals surface area contributed by atoms with Crippen molar-refractivity contribution < 1.29 is 13.9 Å². The van der Waals surface area contributed by atoms with Crippen LogP contribution in [0.4, 0.5) is 4.39 Å². The maximum atomic E-state index is 13.7. The molecule has 2 aromatic rings. The third kappa shape index (κ3) is 4.54. The SMILES string of the molecule is O=C(NCC(c1cccc(F)c1)N1CCOCC1)c1ccc(C2CC2)cc1. The first-order valence-electron chi connectivity index (χ1n) is 9.66. The summed E-state index contributed by atoms with van der Waals surface area (Å²) in [5, 5.41) is 3.03. The van der Waals surface area contributed by atoms with Crippen molar-refractivity contribution in [3.63, 3.8) is 0 Å². The molecule has 4 nitrogen and oxygen atoms in total. The summed E-state index contributed by atoms with van der Waals surface area (Å²) < 4.78 is 19.2. The van der Waals surface area contributed by atoms with E-state index in [0.29, 0.717) is 31.2 Å². The van der Waals surface area contributed by atoms with Crippen molar-refractivity contribution in [1.29, 1.82) is 0 Å². The molecule has 5 heteroatoms. The molecule has 1 amide bonds. The fraction of sp³-hybridized carbons (Fsp3) is 0.409. The van der Waals surface area contributed by atoms with Gasteiger partial charge in [-0.15, -0.1) is 0 Å². The van der Waals surface area contributed by atoms with Crippen LogP contribution in [-0.2, 0) is 4.74 Å². The maximum Gasteiger partial charge on any atom is 0.251 e. The monoisotopic (exact) mass is 368 g/mol. The molecule has 1 heterocycles. The number of hydrogen-bond donors (Lipinski definition) is 1. The number of morpholine rings is 1. The summed E-state index contributed by atoms with van der Waals surface area (Å²) in [5.74, 6) is 0.334. The molecule has 0 bridgehead atoms. The van der Waals surface area contributed by atoms with Crippen LogP contribution in [0.1, 0.15) is 46.3 Å². The predicted molar refractivity (Wildman–Crippen MR) is 102 cm³/mol. The molecule has 2 aromatic carbocycles. The molecule has 1 aliphatic carbocycles. The van der Waals surface area contributed by atoms with Gasteiger partial charge < -0.3 is 10.1 Å². The molecule has 1 atom stereocenters. The van der Waals surface area contributed by atoms with Gasteiger partial charge in [0.05, 0.1) is 19.3 Å². The summed E-state index contributed by atoms with van der Waals surface area (Å²) in [7, 11) is 0. The first-order chi connectivity index (χ1) is 13.2. The van der Waals surface area contributed by atoms with E-state index in [0.717, 1.165) is 18.7 Å². The van der Waals surface area contributed by atoms with Crippen molar-refractivity contribution in [3.05, 3.63) is 71.0 Å². The first kappa shape index (κ1) is 18.1. The summed E-state index contributed by atoms with van der Waals surface area (Å²) in [4.78, 5) is 14.8. The number of rotatable bonds is 6. The summed E-state index contributed by atoms with van der Waals surface area (Å²) >= 11 is 0. The fourth-order valence-corrected chi connectivity index (χ4v) is 3.68. The summed E-state index contributed by atoms with van der Waals surface area (Å²) in [6.45, 7) is 3.29. The lowest BCUT2D eigenvalue weighted by molar-refractivity contribution is 0.0162. The molecular weight excluding hydrogens is 343 g/mol. The Bertz CT molecular complexity index is 783. The number of amides is 1.